The second kappa shape index (κ2) is 6.52. The minimum atomic E-state index is -0.335. The highest BCUT2D eigenvalue weighted by Gasteiger charge is 2.09. The van der Waals surface area contributed by atoms with E-state index in [2.05, 4.69) is 17.2 Å². The number of aryl methyl sites for hydroxylation is 2. The predicted octanol–water partition coefficient (Wildman–Crippen LogP) is 3.07. The van der Waals surface area contributed by atoms with Gasteiger partial charge in [0.15, 0.2) is 0 Å². The SMILES string of the molecule is COC(=O)c1ccc2c(cnn2CCc2ccc(OC)cc2)c1. The van der Waals surface area contributed by atoms with Gasteiger partial charge in [0.05, 0.1) is 31.5 Å². The third-order valence-electron chi connectivity index (χ3n) is 3.83. The number of ether oxygens (including phenoxy) is 2. The van der Waals surface area contributed by atoms with Crippen LogP contribution in [-0.2, 0) is 17.7 Å². The molecule has 0 aliphatic carbocycles. The van der Waals surface area contributed by atoms with Crippen molar-refractivity contribution >= 4 is 16.9 Å². The zero-order valence-corrected chi connectivity index (χ0v) is 13.2. The summed E-state index contributed by atoms with van der Waals surface area (Å²) in [4.78, 5) is 11.6. The van der Waals surface area contributed by atoms with Gasteiger partial charge in [-0.3, -0.25) is 4.68 Å². The molecule has 3 aromatic rings. The van der Waals surface area contributed by atoms with E-state index in [0.717, 1.165) is 29.6 Å². The molecular weight excluding hydrogens is 292 g/mol. The van der Waals surface area contributed by atoms with Gasteiger partial charge in [-0.05, 0) is 42.3 Å². The van der Waals surface area contributed by atoms with Crippen LogP contribution in [0.15, 0.2) is 48.7 Å². The molecule has 0 aliphatic heterocycles. The molecule has 23 heavy (non-hydrogen) atoms. The highest BCUT2D eigenvalue weighted by Crippen LogP contribution is 2.18. The van der Waals surface area contributed by atoms with Gasteiger partial charge in [0, 0.05) is 11.9 Å². The number of esters is 1. The summed E-state index contributed by atoms with van der Waals surface area (Å²) in [6.45, 7) is 0.771. The highest BCUT2D eigenvalue weighted by molar-refractivity contribution is 5.94. The Kier molecular flexibility index (Phi) is 4.28. The molecule has 5 heteroatoms. The Labute approximate surface area is 134 Å². The highest BCUT2D eigenvalue weighted by atomic mass is 16.5. The van der Waals surface area contributed by atoms with E-state index in [1.54, 1.807) is 25.4 Å². The minimum absolute atomic E-state index is 0.335. The van der Waals surface area contributed by atoms with Crippen LogP contribution in [-0.4, -0.2) is 30.0 Å². The molecule has 118 valence electrons. The molecule has 0 saturated heterocycles. The Hall–Kier alpha value is -2.82. The number of fused-ring (bicyclic) bond motifs is 1. The standard InChI is InChI=1S/C18H18N2O3/c1-22-16-6-3-13(4-7-16)9-10-20-17-8-5-14(18(21)23-2)11-15(17)12-19-20/h3-8,11-12H,9-10H2,1-2H3. The summed E-state index contributed by atoms with van der Waals surface area (Å²) in [5.41, 5.74) is 2.77. The zero-order valence-electron chi connectivity index (χ0n) is 13.2. The van der Waals surface area contributed by atoms with Crippen molar-refractivity contribution in [1.29, 1.82) is 0 Å². The lowest BCUT2D eigenvalue weighted by molar-refractivity contribution is 0.0601. The average molecular weight is 310 g/mol. The van der Waals surface area contributed by atoms with Crippen LogP contribution in [0.1, 0.15) is 15.9 Å². The van der Waals surface area contributed by atoms with Gasteiger partial charge in [0.2, 0.25) is 0 Å². The summed E-state index contributed by atoms with van der Waals surface area (Å²) in [5.74, 6) is 0.520. The second-order valence-electron chi connectivity index (χ2n) is 5.23. The number of hydrogen-bond donors (Lipinski definition) is 0. The Bertz CT molecular complexity index is 822. The number of methoxy groups -OCH3 is 2. The first-order chi connectivity index (χ1) is 11.2. The van der Waals surface area contributed by atoms with E-state index in [0.29, 0.717) is 5.56 Å². The van der Waals surface area contributed by atoms with Crippen LogP contribution in [0.3, 0.4) is 0 Å². The second-order valence-corrected chi connectivity index (χ2v) is 5.23. The number of carbonyl (C=O) groups is 1. The number of hydrogen-bond acceptors (Lipinski definition) is 4. The van der Waals surface area contributed by atoms with Gasteiger partial charge < -0.3 is 9.47 Å². The van der Waals surface area contributed by atoms with Gasteiger partial charge in [0.1, 0.15) is 5.75 Å². The lowest BCUT2D eigenvalue weighted by atomic mass is 10.1. The quantitative estimate of drug-likeness (QED) is 0.680. The first kappa shape index (κ1) is 15.1. The molecule has 5 nitrogen and oxygen atoms in total. The molecule has 0 amide bonds. The van der Waals surface area contributed by atoms with Gasteiger partial charge in [-0.15, -0.1) is 0 Å². The number of nitrogens with zero attached hydrogens (tertiary/aromatic N) is 2. The van der Waals surface area contributed by atoms with Crippen molar-refractivity contribution in [2.45, 2.75) is 13.0 Å². The van der Waals surface area contributed by atoms with Crippen molar-refractivity contribution in [2.24, 2.45) is 0 Å². The molecule has 0 fully saturated rings. The summed E-state index contributed by atoms with van der Waals surface area (Å²) in [7, 11) is 3.04. The maximum atomic E-state index is 11.6. The van der Waals surface area contributed by atoms with Gasteiger partial charge in [-0.25, -0.2) is 4.79 Å². The third-order valence-corrected chi connectivity index (χ3v) is 3.83. The average Bonchev–Trinajstić information content (AvgIpc) is 3.02. The monoisotopic (exact) mass is 310 g/mol. The summed E-state index contributed by atoms with van der Waals surface area (Å²) >= 11 is 0. The van der Waals surface area contributed by atoms with Crippen LogP contribution in [0.2, 0.25) is 0 Å². The molecule has 2 aromatic carbocycles. The van der Waals surface area contributed by atoms with Crippen LogP contribution in [0.5, 0.6) is 5.75 Å². The van der Waals surface area contributed by atoms with Crippen LogP contribution < -0.4 is 4.74 Å². The van der Waals surface area contributed by atoms with E-state index in [4.69, 9.17) is 9.47 Å². The van der Waals surface area contributed by atoms with E-state index in [1.807, 2.05) is 22.9 Å². The normalized spacial score (nSPS) is 10.7. The molecule has 1 heterocycles. The van der Waals surface area contributed by atoms with Gasteiger partial charge in [0.25, 0.3) is 0 Å². The fourth-order valence-electron chi connectivity index (χ4n) is 2.54. The Morgan fingerprint density at radius 3 is 2.61 bits per heavy atom. The summed E-state index contributed by atoms with van der Waals surface area (Å²) in [6.07, 6.45) is 2.65. The Morgan fingerprint density at radius 1 is 1.13 bits per heavy atom. The molecule has 0 aliphatic rings. The largest absolute Gasteiger partial charge is 0.497 e. The maximum absolute atomic E-state index is 11.6. The molecule has 0 bridgehead atoms. The Morgan fingerprint density at radius 2 is 1.91 bits per heavy atom. The molecule has 0 saturated carbocycles. The molecule has 0 radical (unpaired) electrons. The van der Waals surface area contributed by atoms with Crippen LogP contribution in [0.25, 0.3) is 10.9 Å². The smallest absolute Gasteiger partial charge is 0.337 e. The number of carbonyl (C=O) groups excluding carboxylic acids is 1. The summed E-state index contributed by atoms with van der Waals surface area (Å²) < 4.78 is 11.8. The summed E-state index contributed by atoms with van der Waals surface area (Å²) in [6, 6.07) is 13.5. The fraction of sp³-hybridized carbons (Fsp3) is 0.222. The van der Waals surface area contributed by atoms with E-state index in [1.165, 1.54) is 12.7 Å². The molecule has 0 N–H and O–H groups in total. The van der Waals surface area contributed by atoms with E-state index in [9.17, 15) is 4.79 Å². The molecule has 0 spiro atoms. The van der Waals surface area contributed by atoms with E-state index in [-0.39, 0.29) is 5.97 Å². The molecule has 0 atom stereocenters. The lowest BCUT2D eigenvalue weighted by Crippen LogP contribution is -2.04. The molecule has 1 aromatic heterocycles. The molecule has 3 rings (SSSR count). The van der Waals surface area contributed by atoms with Crippen molar-refractivity contribution in [3.05, 3.63) is 59.8 Å². The van der Waals surface area contributed by atoms with Crippen molar-refractivity contribution in [3.8, 4) is 5.75 Å². The number of rotatable bonds is 5. The fourth-order valence-corrected chi connectivity index (χ4v) is 2.54. The van der Waals surface area contributed by atoms with E-state index >= 15 is 0 Å². The molecular formula is C18H18N2O3. The lowest BCUT2D eigenvalue weighted by Gasteiger charge is -2.06. The van der Waals surface area contributed by atoms with Crippen molar-refractivity contribution in [1.82, 2.24) is 9.78 Å². The first-order valence-corrected chi connectivity index (χ1v) is 7.38. The van der Waals surface area contributed by atoms with Crippen LogP contribution >= 0.6 is 0 Å². The minimum Gasteiger partial charge on any atom is -0.497 e. The van der Waals surface area contributed by atoms with E-state index < -0.39 is 0 Å². The van der Waals surface area contributed by atoms with Crippen molar-refractivity contribution < 1.29 is 14.3 Å². The van der Waals surface area contributed by atoms with Gasteiger partial charge in [-0.1, -0.05) is 12.1 Å². The number of benzene rings is 2. The topological polar surface area (TPSA) is 53.3 Å². The van der Waals surface area contributed by atoms with Gasteiger partial charge >= 0.3 is 5.97 Å². The Balaban J connectivity index is 1.76. The third kappa shape index (κ3) is 3.18. The number of aromatic nitrogens is 2. The zero-order chi connectivity index (χ0) is 16.2. The maximum Gasteiger partial charge on any atom is 0.337 e. The van der Waals surface area contributed by atoms with Crippen molar-refractivity contribution in [2.75, 3.05) is 14.2 Å². The van der Waals surface area contributed by atoms with Gasteiger partial charge in [-0.2, -0.15) is 5.10 Å². The summed E-state index contributed by atoms with van der Waals surface area (Å²) in [5, 5.41) is 5.34. The van der Waals surface area contributed by atoms with Crippen molar-refractivity contribution in [3.63, 3.8) is 0 Å². The predicted molar refractivity (Wildman–Crippen MR) is 87.8 cm³/mol. The van der Waals surface area contributed by atoms with Crippen LogP contribution in [0, 0.1) is 0 Å². The first-order valence-electron chi connectivity index (χ1n) is 7.38. The molecule has 0 unspecified atom stereocenters. The van der Waals surface area contributed by atoms with Crippen LogP contribution in [0.4, 0.5) is 0 Å².